The lowest BCUT2D eigenvalue weighted by Gasteiger charge is -2.19. The van der Waals surface area contributed by atoms with Crippen molar-refractivity contribution in [2.45, 2.75) is 0 Å². The predicted molar refractivity (Wildman–Crippen MR) is 91.5 cm³/mol. The minimum absolute atomic E-state index is 0.134. The number of pyridine rings is 1. The maximum absolute atomic E-state index is 11.5. The maximum atomic E-state index is 11.5. The highest BCUT2D eigenvalue weighted by Crippen LogP contribution is 2.43. The smallest absolute Gasteiger partial charge is 0.337 e. The van der Waals surface area contributed by atoms with Crippen molar-refractivity contribution in [3.8, 4) is 0 Å². The highest BCUT2D eigenvalue weighted by Gasteiger charge is 2.21. The van der Waals surface area contributed by atoms with Crippen LogP contribution in [0.5, 0.6) is 0 Å². The first kappa shape index (κ1) is 16.6. The molecule has 0 unspecified atom stereocenters. The van der Waals surface area contributed by atoms with Gasteiger partial charge in [0.2, 0.25) is 0 Å². The van der Waals surface area contributed by atoms with Crippen LogP contribution in [0.25, 0.3) is 0 Å². The second-order valence-corrected chi connectivity index (χ2v) is 6.15. The highest BCUT2D eigenvalue weighted by atomic mass is 79.9. The Labute approximate surface area is 144 Å². The van der Waals surface area contributed by atoms with E-state index in [1.165, 1.54) is 6.07 Å². The van der Waals surface area contributed by atoms with Crippen LogP contribution in [-0.4, -0.2) is 30.2 Å². The van der Waals surface area contributed by atoms with Gasteiger partial charge < -0.3 is 10.0 Å². The Bertz CT molecular complexity index is 733. The number of benzene rings is 1. The van der Waals surface area contributed by atoms with Gasteiger partial charge in [-0.1, -0.05) is 6.07 Å². The number of carboxylic acids is 1. The zero-order valence-corrected chi connectivity index (χ0v) is 15.0. The van der Waals surface area contributed by atoms with Gasteiger partial charge in [0, 0.05) is 24.8 Å². The number of halogens is 2. The molecule has 2 rings (SSSR count). The van der Waals surface area contributed by atoms with E-state index in [-0.39, 0.29) is 5.56 Å². The molecular weight excluding hydrogens is 416 g/mol. The first-order valence-electron chi connectivity index (χ1n) is 6.17. The Kier molecular flexibility index (Phi) is 5.25. The van der Waals surface area contributed by atoms with E-state index in [0.29, 0.717) is 26.1 Å². The van der Waals surface area contributed by atoms with Crippen LogP contribution in [0.4, 0.5) is 17.2 Å². The summed E-state index contributed by atoms with van der Waals surface area (Å²) in [4.78, 5) is 17.2. The third-order valence-corrected chi connectivity index (χ3v) is 4.71. The van der Waals surface area contributed by atoms with E-state index < -0.39 is 5.97 Å². The molecule has 1 N–H and O–H groups in total. The summed E-state index contributed by atoms with van der Waals surface area (Å²) in [7, 11) is 3.50. The number of anilines is 1. The lowest BCUT2D eigenvalue weighted by atomic mass is 10.1. The first-order valence-corrected chi connectivity index (χ1v) is 7.75. The van der Waals surface area contributed by atoms with Gasteiger partial charge in [-0.15, -0.1) is 10.2 Å². The van der Waals surface area contributed by atoms with Crippen molar-refractivity contribution >= 4 is 55.0 Å². The Hall–Kier alpha value is -1.80. The molecule has 8 heteroatoms. The van der Waals surface area contributed by atoms with Crippen molar-refractivity contribution in [3.63, 3.8) is 0 Å². The SMILES string of the molecule is CN(C)c1c(C(=O)O)cc(Br)c(Br)c1N=Nc1ccccn1. The summed E-state index contributed by atoms with van der Waals surface area (Å²) in [5.74, 6) is -0.595. The quantitative estimate of drug-likeness (QED) is 0.711. The predicted octanol–water partition coefficient (Wildman–Crippen LogP) is 4.79. The zero-order chi connectivity index (χ0) is 16.3. The van der Waals surface area contributed by atoms with Gasteiger partial charge in [-0.2, -0.15) is 0 Å². The zero-order valence-electron chi connectivity index (χ0n) is 11.8. The molecule has 0 bridgehead atoms. The molecule has 1 aromatic heterocycles. The van der Waals surface area contributed by atoms with E-state index in [9.17, 15) is 9.90 Å². The van der Waals surface area contributed by atoms with Crippen molar-refractivity contribution in [1.29, 1.82) is 0 Å². The Morgan fingerprint density at radius 2 is 2.00 bits per heavy atom. The highest BCUT2D eigenvalue weighted by molar-refractivity contribution is 9.13. The van der Waals surface area contributed by atoms with Crippen LogP contribution in [0, 0.1) is 0 Å². The number of carboxylic acid groups (broad SMARTS) is 1. The van der Waals surface area contributed by atoms with E-state index >= 15 is 0 Å². The van der Waals surface area contributed by atoms with Gasteiger partial charge in [-0.25, -0.2) is 9.78 Å². The molecule has 22 heavy (non-hydrogen) atoms. The van der Waals surface area contributed by atoms with Crippen molar-refractivity contribution < 1.29 is 9.90 Å². The average molecular weight is 428 g/mol. The number of nitrogens with zero attached hydrogens (tertiary/aromatic N) is 4. The third kappa shape index (κ3) is 3.50. The van der Waals surface area contributed by atoms with Gasteiger partial charge in [-0.05, 0) is 50.1 Å². The number of carbonyl (C=O) groups is 1. The molecule has 0 aliphatic heterocycles. The van der Waals surface area contributed by atoms with E-state index in [0.717, 1.165) is 0 Å². The molecule has 0 aliphatic carbocycles. The lowest BCUT2D eigenvalue weighted by molar-refractivity contribution is 0.0697. The van der Waals surface area contributed by atoms with Gasteiger partial charge in [-0.3, -0.25) is 0 Å². The number of aromatic carboxylic acids is 1. The summed E-state index contributed by atoms with van der Waals surface area (Å²) in [5.41, 5.74) is 1.01. The Balaban J connectivity index is 2.63. The van der Waals surface area contributed by atoms with Crippen LogP contribution in [0.3, 0.4) is 0 Å². The summed E-state index contributed by atoms with van der Waals surface area (Å²) in [5, 5.41) is 17.6. The van der Waals surface area contributed by atoms with Crippen LogP contribution in [-0.2, 0) is 0 Å². The van der Waals surface area contributed by atoms with Crippen LogP contribution in [0.1, 0.15) is 10.4 Å². The van der Waals surface area contributed by atoms with Crippen molar-refractivity contribution in [2.75, 3.05) is 19.0 Å². The van der Waals surface area contributed by atoms with Crippen LogP contribution < -0.4 is 4.90 Å². The second kappa shape index (κ2) is 6.97. The van der Waals surface area contributed by atoms with Crippen molar-refractivity contribution in [1.82, 2.24) is 4.98 Å². The summed E-state index contributed by atoms with van der Waals surface area (Å²) >= 11 is 6.74. The molecular formula is C14H12Br2N4O2. The third-order valence-electron chi connectivity index (χ3n) is 2.75. The second-order valence-electron chi connectivity index (χ2n) is 4.50. The molecule has 0 aliphatic rings. The van der Waals surface area contributed by atoms with Crippen molar-refractivity contribution in [2.24, 2.45) is 10.2 Å². The monoisotopic (exact) mass is 426 g/mol. The molecule has 0 saturated carbocycles. The van der Waals surface area contributed by atoms with Gasteiger partial charge in [0.25, 0.3) is 0 Å². The number of azo groups is 1. The molecule has 0 radical (unpaired) electrons. The molecule has 2 aromatic rings. The topological polar surface area (TPSA) is 78.2 Å². The van der Waals surface area contributed by atoms with Gasteiger partial charge >= 0.3 is 5.97 Å². The number of aromatic nitrogens is 1. The summed E-state index contributed by atoms with van der Waals surface area (Å²) in [6.45, 7) is 0. The first-order chi connectivity index (χ1) is 10.4. The summed E-state index contributed by atoms with van der Waals surface area (Å²) in [6.07, 6.45) is 1.61. The van der Waals surface area contributed by atoms with E-state index in [1.807, 2.05) is 0 Å². The molecule has 0 saturated heterocycles. The van der Waals surface area contributed by atoms with E-state index in [2.05, 4.69) is 47.1 Å². The standard InChI is InChI=1S/C14H12Br2N4O2/c1-20(2)13-8(14(21)22)7-9(15)11(16)12(13)19-18-10-5-3-4-6-17-10/h3-7H,1-2H3,(H,21,22). The number of hydrogen-bond acceptors (Lipinski definition) is 5. The molecule has 1 heterocycles. The largest absolute Gasteiger partial charge is 0.478 e. The van der Waals surface area contributed by atoms with Gasteiger partial charge in [0.15, 0.2) is 5.82 Å². The fraction of sp³-hybridized carbons (Fsp3) is 0.143. The van der Waals surface area contributed by atoms with Gasteiger partial charge in [0.05, 0.1) is 15.7 Å². The molecule has 0 spiro atoms. The minimum Gasteiger partial charge on any atom is -0.478 e. The van der Waals surface area contributed by atoms with E-state index in [4.69, 9.17) is 0 Å². The van der Waals surface area contributed by atoms with Crippen LogP contribution in [0.15, 0.2) is 49.6 Å². The summed E-state index contributed by atoms with van der Waals surface area (Å²) in [6, 6.07) is 6.82. The lowest BCUT2D eigenvalue weighted by Crippen LogP contribution is -2.14. The minimum atomic E-state index is -1.04. The number of rotatable bonds is 4. The number of hydrogen-bond donors (Lipinski definition) is 1. The van der Waals surface area contributed by atoms with Crippen LogP contribution >= 0.6 is 31.9 Å². The summed E-state index contributed by atoms with van der Waals surface area (Å²) < 4.78 is 1.21. The average Bonchev–Trinajstić information content (AvgIpc) is 2.48. The molecule has 0 amide bonds. The van der Waals surface area contributed by atoms with Crippen LogP contribution in [0.2, 0.25) is 0 Å². The fourth-order valence-electron chi connectivity index (χ4n) is 1.82. The molecule has 6 nitrogen and oxygen atoms in total. The molecule has 0 fully saturated rings. The normalized spacial score (nSPS) is 10.9. The van der Waals surface area contributed by atoms with Gasteiger partial charge in [0.1, 0.15) is 5.69 Å². The van der Waals surface area contributed by atoms with Crippen molar-refractivity contribution in [3.05, 3.63) is 45.0 Å². The molecule has 1 aromatic carbocycles. The molecule has 0 atom stereocenters. The van der Waals surface area contributed by atoms with E-state index in [1.54, 1.807) is 43.4 Å². The fourth-order valence-corrected chi connectivity index (χ4v) is 2.62. The maximum Gasteiger partial charge on any atom is 0.337 e. The molecule has 114 valence electrons. The Morgan fingerprint density at radius 3 is 2.55 bits per heavy atom. The Morgan fingerprint density at radius 1 is 1.27 bits per heavy atom.